The number of halogens is 2. The second kappa shape index (κ2) is 6.88. The lowest BCUT2D eigenvalue weighted by Crippen LogP contribution is -2.34. The summed E-state index contributed by atoms with van der Waals surface area (Å²) in [5, 5.41) is 0.714. The third kappa shape index (κ3) is 3.55. The Kier molecular flexibility index (Phi) is 4.89. The van der Waals surface area contributed by atoms with Gasteiger partial charge in [-0.05, 0) is 55.7 Å². The molecule has 1 aromatic carbocycles. The van der Waals surface area contributed by atoms with Crippen molar-refractivity contribution in [1.82, 2.24) is 4.98 Å². The molecule has 2 aromatic rings. The van der Waals surface area contributed by atoms with E-state index in [4.69, 9.17) is 16.3 Å². The van der Waals surface area contributed by atoms with Gasteiger partial charge in [-0.15, -0.1) is 0 Å². The number of aromatic nitrogens is 1. The van der Waals surface area contributed by atoms with E-state index >= 15 is 0 Å². The quantitative estimate of drug-likeness (QED) is 0.756. The molecular weight excluding hydrogens is 364 g/mol. The molecule has 0 spiro atoms. The van der Waals surface area contributed by atoms with E-state index in [0.29, 0.717) is 17.7 Å². The van der Waals surface area contributed by atoms with Crippen molar-refractivity contribution in [2.75, 3.05) is 18.1 Å². The summed E-state index contributed by atoms with van der Waals surface area (Å²) >= 11 is 9.50. The van der Waals surface area contributed by atoms with E-state index < -0.39 is 0 Å². The van der Waals surface area contributed by atoms with Gasteiger partial charge in [0.25, 0.3) is 0 Å². The number of aryl methyl sites for hydroxylation is 1. The van der Waals surface area contributed by atoms with Gasteiger partial charge in [-0.25, -0.2) is 4.98 Å². The van der Waals surface area contributed by atoms with Gasteiger partial charge < -0.3 is 9.64 Å². The van der Waals surface area contributed by atoms with E-state index in [1.165, 1.54) is 0 Å². The average Bonchev–Trinajstić information content (AvgIpc) is 2.98. The molecule has 0 saturated carbocycles. The third-order valence-corrected chi connectivity index (χ3v) is 4.88. The van der Waals surface area contributed by atoms with E-state index in [1.807, 2.05) is 31.2 Å². The minimum Gasteiger partial charge on any atom is -0.491 e. The first kappa shape index (κ1) is 15.6. The smallest absolute Gasteiger partial charge is 0.129 e. The SMILES string of the molecule is Cc1cc(N2CCC[C@H]2COc2ccc(Br)cc2)ncc1Cl. The highest BCUT2D eigenvalue weighted by Crippen LogP contribution is 2.27. The maximum atomic E-state index is 6.07. The molecule has 0 unspecified atom stereocenters. The molecular formula is C17H18BrClN2O. The summed E-state index contributed by atoms with van der Waals surface area (Å²) in [4.78, 5) is 6.79. The molecule has 5 heteroatoms. The van der Waals surface area contributed by atoms with Crippen LogP contribution in [0.25, 0.3) is 0 Å². The fourth-order valence-corrected chi connectivity index (χ4v) is 3.08. The molecule has 0 bridgehead atoms. The van der Waals surface area contributed by atoms with Crippen LogP contribution in [0.2, 0.25) is 5.02 Å². The molecule has 1 fully saturated rings. The highest BCUT2D eigenvalue weighted by Gasteiger charge is 2.26. The van der Waals surface area contributed by atoms with E-state index in [1.54, 1.807) is 6.20 Å². The summed E-state index contributed by atoms with van der Waals surface area (Å²) in [6.45, 7) is 3.70. The molecule has 1 atom stereocenters. The Labute approximate surface area is 144 Å². The van der Waals surface area contributed by atoms with Crippen LogP contribution in [0.3, 0.4) is 0 Å². The van der Waals surface area contributed by atoms with Crippen molar-refractivity contribution in [2.45, 2.75) is 25.8 Å². The van der Waals surface area contributed by atoms with Crippen molar-refractivity contribution in [2.24, 2.45) is 0 Å². The second-order valence-corrected chi connectivity index (χ2v) is 6.87. The van der Waals surface area contributed by atoms with Gasteiger partial charge in [0.05, 0.1) is 11.1 Å². The largest absolute Gasteiger partial charge is 0.491 e. The van der Waals surface area contributed by atoms with E-state index in [9.17, 15) is 0 Å². The standard InChI is InChI=1S/C17H18BrClN2O/c1-12-9-17(20-10-16(12)19)21-8-2-3-14(21)11-22-15-6-4-13(18)5-7-15/h4-7,9-10,14H,2-3,8,11H2,1H3/t14-/m0/s1. The third-order valence-electron chi connectivity index (χ3n) is 3.96. The summed E-state index contributed by atoms with van der Waals surface area (Å²) in [6, 6.07) is 10.4. The molecule has 1 aliphatic heterocycles. The average molecular weight is 382 g/mol. The Morgan fingerprint density at radius 2 is 2.14 bits per heavy atom. The second-order valence-electron chi connectivity index (χ2n) is 5.55. The molecule has 0 aliphatic carbocycles. The molecule has 2 heterocycles. The molecule has 0 N–H and O–H groups in total. The van der Waals surface area contributed by atoms with Crippen molar-refractivity contribution in [3.8, 4) is 5.75 Å². The van der Waals surface area contributed by atoms with Gasteiger partial charge in [-0.3, -0.25) is 0 Å². The molecule has 116 valence electrons. The van der Waals surface area contributed by atoms with Crippen LogP contribution in [0.5, 0.6) is 5.75 Å². The van der Waals surface area contributed by atoms with E-state index in [0.717, 1.165) is 41.0 Å². The Morgan fingerprint density at radius 3 is 2.86 bits per heavy atom. The molecule has 3 rings (SSSR count). The van der Waals surface area contributed by atoms with Gasteiger partial charge in [0, 0.05) is 17.2 Å². The predicted octanol–water partition coefficient (Wildman–Crippen LogP) is 4.85. The van der Waals surface area contributed by atoms with Crippen LogP contribution in [0.4, 0.5) is 5.82 Å². The summed E-state index contributed by atoms with van der Waals surface area (Å²) < 4.78 is 6.99. The Balaban J connectivity index is 1.67. The highest BCUT2D eigenvalue weighted by atomic mass is 79.9. The zero-order valence-corrected chi connectivity index (χ0v) is 14.8. The maximum Gasteiger partial charge on any atom is 0.129 e. The van der Waals surface area contributed by atoms with Gasteiger partial charge in [-0.1, -0.05) is 27.5 Å². The number of benzene rings is 1. The molecule has 1 aromatic heterocycles. The van der Waals surface area contributed by atoms with Crippen molar-refractivity contribution in [1.29, 1.82) is 0 Å². The van der Waals surface area contributed by atoms with Crippen LogP contribution in [0, 0.1) is 6.92 Å². The van der Waals surface area contributed by atoms with Crippen molar-refractivity contribution < 1.29 is 4.74 Å². The van der Waals surface area contributed by atoms with Crippen molar-refractivity contribution in [3.05, 3.63) is 51.6 Å². The number of hydrogen-bond acceptors (Lipinski definition) is 3. The van der Waals surface area contributed by atoms with Gasteiger partial charge in [0.1, 0.15) is 18.2 Å². The Bertz CT molecular complexity index is 648. The fraction of sp³-hybridized carbons (Fsp3) is 0.353. The monoisotopic (exact) mass is 380 g/mol. The molecule has 1 aliphatic rings. The zero-order valence-electron chi connectivity index (χ0n) is 12.4. The fourth-order valence-electron chi connectivity index (χ4n) is 2.72. The van der Waals surface area contributed by atoms with Crippen LogP contribution in [-0.4, -0.2) is 24.2 Å². The van der Waals surface area contributed by atoms with Crippen LogP contribution in [-0.2, 0) is 0 Å². The first-order chi connectivity index (χ1) is 10.6. The Morgan fingerprint density at radius 1 is 1.36 bits per heavy atom. The topological polar surface area (TPSA) is 25.4 Å². The zero-order chi connectivity index (χ0) is 15.5. The number of hydrogen-bond donors (Lipinski definition) is 0. The number of pyridine rings is 1. The lowest BCUT2D eigenvalue weighted by Gasteiger charge is -2.26. The van der Waals surface area contributed by atoms with Crippen LogP contribution in [0.1, 0.15) is 18.4 Å². The van der Waals surface area contributed by atoms with Gasteiger partial charge in [0.15, 0.2) is 0 Å². The summed E-state index contributed by atoms with van der Waals surface area (Å²) in [7, 11) is 0. The summed E-state index contributed by atoms with van der Waals surface area (Å²) in [6.07, 6.45) is 4.02. The van der Waals surface area contributed by atoms with Gasteiger partial charge in [0.2, 0.25) is 0 Å². The number of rotatable bonds is 4. The van der Waals surface area contributed by atoms with Crippen molar-refractivity contribution >= 4 is 33.3 Å². The first-order valence-electron chi connectivity index (χ1n) is 7.40. The Hall–Kier alpha value is -1.26. The van der Waals surface area contributed by atoms with Gasteiger partial charge >= 0.3 is 0 Å². The number of nitrogens with zero attached hydrogens (tertiary/aromatic N) is 2. The lowest BCUT2D eigenvalue weighted by molar-refractivity contribution is 0.288. The predicted molar refractivity (Wildman–Crippen MR) is 94.0 cm³/mol. The highest BCUT2D eigenvalue weighted by molar-refractivity contribution is 9.10. The number of ether oxygens (including phenoxy) is 1. The minimum atomic E-state index is 0.358. The van der Waals surface area contributed by atoms with Crippen LogP contribution in [0.15, 0.2) is 41.0 Å². The normalized spacial score (nSPS) is 17.8. The molecule has 0 amide bonds. The van der Waals surface area contributed by atoms with E-state index in [2.05, 4.69) is 31.9 Å². The number of anilines is 1. The molecule has 1 saturated heterocycles. The molecule has 0 radical (unpaired) electrons. The maximum absolute atomic E-state index is 6.07. The lowest BCUT2D eigenvalue weighted by atomic mass is 10.2. The van der Waals surface area contributed by atoms with Crippen molar-refractivity contribution in [3.63, 3.8) is 0 Å². The van der Waals surface area contributed by atoms with Crippen LogP contribution < -0.4 is 9.64 Å². The van der Waals surface area contributed by atoms with E-state index in [-0.39, 0.29) is 0 Å². The molecule has 3 nitrogen and oxygen atoms in total. The molecule has 22 heavy (non-hydrogen) atoms. The summed E-state index contributed by atoms with van der Waals surface area (Å²) in [5.74, 6) is 1.89. The summed E-state index contributed by atoms with van der Waals surface area (Å²) in [5.41, 5.74) is 1.06. The van der Waals surface area contributed by atoms with Gasteiger partial charge in [-0.2, -0.15) is 0 Å². The van der Waals surface area contributed by atoms with Crippen LogP contribution >= 0.6 is 27.5 Å². The minimum absolute atomic E-state index is 0.358. The first-order valence-corrected chi connectivity index (χ1v) is 8.58.